The Morgan fingerprint density at radius 1 is 1.11 bits per heavy atom. The van der Waals surface area contributed by atoms with Gasteiger partial charge in [0.15, 0.2) is 0 Å². The van der Waals surface area contributed by atoms with Crippen molar-refractivity contribution in [3.63, 3.8) is 0 Å². The van der Waals surface area contributed by atoms with Gasteiger partial charge in [0, 0.05) is 6.54 Å². The van der Waals surface area contributed by atoms with Gasteiger partial charge in [0.2, 0.25) is 0 Å². The second-order valence-corrected chi connectivity index (χ2v) is 11.8. The number of benzene rings is 1. The fourth-order valence-electron chi connectivity index (χ4n) is 2.58. The Kier molecular flexibility index (Phi) is 5.00. The average Bonchev–Trinajstić information content (AvgIpc) is 2.39. The van der Waals surface area contributed by atoms with Crippen LogP contribution in [0.1, 0.15) is 24.8 Å². The molecular weight excluding hydrogens is 246 g/mol. The molecule has 0 aliphatic heterocycles. The molecular formula is C17H27NSi. The summed E-state index contributed by atoms with van der Waals surface area (Å²) in [7, 11) is -1.14. The van der Waals surface area contributed by atoms with Gasteiger partial charge < -0.3 is 5.32 Å². The minimum atomic E-state index is -1.14. The predicted molar refractivity (Wildman–Crippen MR) is 87.6 cm³/mol. The Hall–Kier alpha value is -0.863. The summed E-state index contributed by atoms with van der Waals surface area (Å²) in [4.78, 5) is 0. The van der Waals surface area contributed by atoms with Crippen LogP contribution >= 0.6 is 0 Å². The van der Waals surface area contributed by atoms with E-state index in [1.807, 2.05) is 0 Å². The zero-order valence-electron chi connectivity index (χ0n) is 12.6. The van der Waals surface area contributed by atoms with Gasteiger partial charge in [0.25, 0.3) is 0 Å². The van der Waals surface area contributed by atoms with Gasteiger partial charge in [0.05, 0.1) is 8.07 Å². The number of hydrogen-bond donors (Lipinski definition) is 1. The van der Waals surface area contributed by atoms with Gasteiger partial charge in [-0.05, 0) is 37.3 Å². The molecule has 0 amide bonds. The molecule has 2 rings (SSSR count). The van der Waals surface area contributed by atoms with Crippen molar-refractivity contribution in [3.8, 4) is 0 Å². The van der Waals surface area contributed by atoms with E-state index in [9.17, 15) is 0 Å². The van der Waals surface area contributed by atoms with Crippen molar-refractivity contribution in [2.24, 2.45) is 5.92 Å². The fraction of sp³-hybridized carbons (Fsp3) is 0.529. The molecule has 0 saturated heterocycles. The zero-order valence-corrected chi connectivity index (χ0v) is 13.6. The maximum Gasteiger partial charge on any atom is 0.0775 e. The van der Waals surface area contributed by atoms with Crippen LogP contribution in [0, 0.1) is 5.92 Å². The van der Waals surface area contributed by atoms with E-state index in [2.05, 4.69) is 61.4 Å². The van der Waals surface area contributed by atoms with E-state index in [1.54, 1.807) is 5.19 Å². The number of rotatable bonds is 5. The lowest BCUT2D eigenvalue weighted by molar-refractivity contribution is 0.440. The first-order chi connectivity index (χ1) is 9.05. The highest BCUT2D eigenvalue weighted by molar-refractivity contribution is 6.88. The van der Waals surface area contributed by atoms with E-state index < -0.39 is 8.07 Å². The second-order valence-electron chi connectivity index (χ2n) is 6.73. The molecule has 0 radical (unpaired) electrons. The first-order valence-electron chi connectivity index (χ1n) is 7.51. The molecule has 1 aromatic carbocycles. The van der Waals surface area contributed by atoms with Gasteiger partial charge in [-0.25, -0.2) is 0 Å². The molecule has 1 atom stereocenters. The molecule has 1 nitrogen and oxygen atoms in total. The lowest BCUT2D eigenvalue weighted by atomic mass is 9.94. The van der Waals surface area contributed by atoms with Crippen LogP contribution in [0.5, 0.6) is 0 Å². The highest BCUT2D eigenvalue weighted by atomic mass is 28.3. The van der Waals surface area contributed by atoms with E-state index in [4.69, 9.17) is 0 Å². The van der Waals surface area contributed by atoms with Gasteiger partial charge in [-0.15, -0.1) is 0 Å². The summed E-state index contributed by atoms with van der Waals surface area (Å²) in [6.07, 6.45) is 8.50. The minimum absolute atomic E-state index is 0.839. The van der Waals surface area contributed by atoms with Gasteiger partial charge in [-0.1, -0.05) is 61.2 Å². The summed E-state index contributed by atoms with van der Waals surface area (Å²) < 4.78 is 0. The summed E-state index contributed by atoms with van der Waals surface area (Å²) in [5.74, 6) is 0.839. The van der Waals surface area contributed by atoms with Crippen LogP contribution in [0.15, 0.2) is 36.4 Å². The van der Waals surface area contributed by atoms with Crippen LogP contribution in [0.3, 0.4) is 0 Å². The van der Waals surface area contributed by atoms with Crippen molar-refractivity contribution in [2.45, 2.75) is 45.4 Å². The molecule has 1 aromatic rings. The molecule has 1 aliphatic carbocycles. The Morgan fingerprint density at radius 2 is 1.84 bits per heavy atom. The molecule has 0 saturated carbocycles. The summed E-state index contributed by atoms with van der Waals surface area (Å²) >= 11 is 0. The molecule has 104 valence electrons. The van der Waals surface area contributed by atoms with Crippen LogP contribution in [0.2, 0.25) is 19.6 Å². The number of allylic oxidation sites excluding steroid dienone is 2. The molecule has 0 bridgehead atoms. The van der Waals surface area contributed by atoms with E-state index in [1.165, 1.54) is 24.8 Å². The first-order valence-corrected chi connectivity index (χ1v) is 11.0. The zero-order chi connectivity index (χ0) is 13.7. The fourth-order valence-corrected chi connectivity index (χ4v) is 3.75. The van der Waals surface area contributed by atoms with Gasteiger partial charge >= 0.3 is 0 Å². The molecule has 0 aromatic heterocycles. The average molecular weight is 273 g/mol. The lowest BCUT2D eigenvalue weighted by Crippen LogP contribution is -2.37. The minimum Gasteiger partial charge on any atom is -0.312 e. The van der Waals surface area contributed by atoms with Crippen LogP contribution in [0.4, 0.5) is 0 Å². The standard InChI is InChI=1S/C17H27NSi/c1-19(2,3)17-11-9-16(10-12-17)14-18-13-15-7-5-4-6-8-15/h4-5,9-12,15,18H,6-8,13-14H2,1-3H3. The third-order valence-corrected chi connectivity index (χ3v) is 6.03. The Balaban J connectivity index is 1.78. The highest BCUT2D eigenvalue weighted by Crippen LogP contribution is 2.17. The van der Waals surface area contributed by atoms with Crippen molar-refractivity contribution < 1.29 is 0 Å². The molecule has 2 heteroatoms. The van der Waals surface area contributed by atoms with E-state index in [0.717, 1.165) is 19.0 Å². The maximum atomic E-state index is 3.61. The topological polar surface area (TPSA) is 12.0 Å². The van der Waals surface area contributed by atoms with Gasteiger partial charge in [0.1, 0.15) is 0 Å². The smallest absolute Gasteiger partial charge is 0.0775 e. The highest BCUT2D eigenvalue weighted by Gasteiger charge is 2.15. The molecule has 0 fully saturated rings. The SMILES string of the molecule is C[Si](C)(C)c1ccc(CNCC2CC=CCC2)cc1. The Labute approximate surface area is 119 Å². The summed E-state index contributed by atoms with van der Waals surface area (Å²) in [6, 6.07) is 9.24. The first kappa shape index (κ1) is 14.5. The Bertz CT molecular complexity index is 414. The van der Waals surface area contributed by atoms with E-state index in [0.29, 0.717) is 0 Å². The monoisotopic (exact) mass is 273 g/mol. The third kappa shape index (κ3) is 4.63. The van der Waals surface area contributed by atoms with Crippen molar-refractivity contribution in [2.75, 3.05) is 6.54 Å². The van der Waals surface area contributed by atoms with Crippen LogP contribution in [-0.2, 0) is 6.54 Å². The maximum absolute atomic E-state index is 3.61. The summed E-state index contributed by atoms with van der Waals surface area (Å²) in [6.45, 7) is 9.36. The van der Waals surface area contributed by atoms with Crippen molar-refractivity contribution in [3.05, 3.63) is 42.0 Å². The molecule has 0 heterocycles. The van der Waals surface area contributed by atoms with Crippen LogP contribution in [-0.4, -0.2) is 14.6 Å². The van der Waals surface area contributed by atoms with Crippen molar-refractivity contribution in [1.82, 2.24) is 5.32 Å². The van der Waals surface area contributed by atoms with E-state index in [-0.39, 0.29) is 0 Å². The summed E-state index contributed by atoms with van der Waals surface area (Å²) in [5, 5.41) is 5.16. The molecule has 1 N–H and O–H groups in total. The Morgan fingerprint density at radius 3 is 2.42 bits per heavy atom. The van der Waals surface area contributed by atoms with Crippen molar-refractivity contribution in [1.29, 1.82) is 0 Å². The largest absolute Gasteiger partial charge is 0.312 e. The second kappa shape index (κ2) is 6.53. The van der Waals surface area contributed by atoms with E-state index >= 15 is 0 Å². The molecule has 19 heavy (non-hydrogen) atoms. The van der Waals surface area contributed by atoms with Crippen molar-refractivity contribution >= 4 is 13.3 Å². The molecule has 1 unspecified atom stereocenters. The number of hydrogen-bond acceptors (Lipinski definition) is 1. The quantitative estimate of drug-likeness (QED) is 0.637. The molecule has 1 aliphatic rings. The number of nitrogens with one attached hydrogen (secondary N) is 1. The van der Waals surface area contributed by atoms with Gasteiger partial charge in [-0.3, -0.25) is 0 Å². The van der Waals surface area contributed by atoms with Gasteiger partial charge in [-0.2, -0.15) is 0 Å². The lowest BCUT2D eigenvalue weighted by Gasteiger charge is -2.19. The normalized spacial score (nSPS) is 19.6. The predicted octanol–water partition coefficient (Wildman–Crippen LogP) is 3.68. The van der Waals surface area contributed by atoms with Crippen LogP contribution in [0.25, 0.3) is 0 Å². The third-order valence-electron chi connectivity index (χ3n) is 3.96. The summed E-state index contributed by atoms with van der Waals surface area (Å²) in [5.41, 5.74) is 1.41. The van der Waals surface area contributed by atoms with Crippen LogP contribution < -0.4 is 10.5 Å². The molecule has 0 spiro atoms.